The lowest BCUT2D eigenvalue weighted by atomic mass is 10.1. The molecular weight excluding hydrogens is 168 g/mol. The molecule has 2 rings (SSSR count). The molecule has 0 amide bonds. The number of hydrogen-bond donors (Lipinski definition) is 1. The molecule has 1 aliphatic carbocycles. The van der Waals surface area contributed by atoms with Crippen LogP contribution >= 0.6 is 11.3 Å². The molecule has 0 aliphatic heterocycles. The number of thiazole rings is 1. The van der Waals surface area contributed by atoms with Crippen molar-refractivity contribution in [3.8, 4) is 0 Å². The van der Waals surface area contributed by atoms with Crippen LogP contribution in [0.2, 0.25) is 0 Å². The van der Waals surface area contributed by atoms with Gasteiger partial charge in [0, 0.05) is 16.8 Å². The summed E-state index contributed by atoms with van der Waals surface area (Å²) in [5.74, 6) is 0.546. The highest BCUT2D eigenvalue weighted by molar-refractivity contribution is 7.09. The van der Waals surface area contributed by atoms with Gasteiger partial charge in [-0.1, -0.05) is 13.8 Å². The maximum absolute atomic E-state index is 5.98. The average molecular weight is 182 g/mol. The summed E-state index contributed by atoms with van der Waals surface area (Å²) < 4.78 is 0. The minimum atomic E-state index is 0.289. The van der Waals surface area contributed by atoms with Crippen LogP contribution in [0.3, 0.4) is 0 Å². The van der Waals surface area contributed by atoms with E-state index >= 15 is 0 Å². The van der Waals surface area contributed by atoms with E-state index in [0.29, 0.717) is 12.0 Å². The monoisotopic (exact) mass is 182 g/mol. The van der Waals surface area contributed by atoms with Gasteiger partial charge < -0.3 is 5.73 Å². The molecule has 0 aromatic carbocycles. The topological polar surface area (TPSA) is 38.9 Å². The van der Waals surface area contributed by atoms with Gasteiger partial charge in [0.05, 0.1) is 11.2 Å². The Morgan fingerprint density at radius 2 is 2.17 bits per heavy atom. The van der Waals surface area contributed by atoms with Gasteiger partial charge in [0.25, 0.3) is 0 Å². The molecule has 3 heteroatoms. The molecular formula is C9H14N2S. The second kappa shape index (κ2) is 2.30. The molecule has 0 saturated heterocycles. The van der Waals surface area contributed by atoms with Crippen LogP contribution in [0.1, 0.15) is 30.3 Å². The Kier molecular flexibility index (Phi) is 1.57. The lowest BCUT2D eigenvalue weighted by Gasteiger charge is -1.99. The van der Waals surface area contributed by atoms with E-state index in [1.807, 2.05) is 5.51 Å². The Labute approximate surface area is 76.8 Å². The van der Waals surface area contributed by atoms with Gasteiger partial charge in [-0.3, -0.25) is 0 Å². The average Bonchev–Trinajstić information content (AvgIpc) is 2.39. The molecule has 1 heterocycles. The molecule has 2 N–H and O–H groups in total. The van der Waals surface area contributed by atoms with E-state index < -0.39 is 0 Å². The lowest BCUT2D eigenvalue weighted by Crippen LogP contribution is -2.06. The Hall–Kier alpha value is -0.410. The summed E-state index contributed by atoms with van der Waals surface area (Å²) in [6.07, 6.45) is 0. The van der Waals surface area contributed by atoms with Gasteiger partial charge >= 0.3 is 0 Å². The van der Waals surface area contributed by atoms with Crippen LogP contribution in [0.5, 0.6) is 0 Å². The number of aryl methyl sites for hydroxylation is 1. The Morgan fingerprint density at radius 3 is 2.50 bits per heavy atom. The van der Waals surface area contributed by atoms with E-state index in [-0.39, 0.29) is 5.41 Å². The third-order valence-electron chi connectivity index (χ3n) is 2.98. The van der Waals surface area contributed by atoms with Gasteiger partial charge in [-0.25, -0.2) is 4.98 Å². The molecule has 0 spiro atoms. The largest absolute Gasteiger partial charge is 0.327 e. The van der Waals surface area contributed by atoms with E-state index in [0.717, 1.165) is 5.69 Å². The van der Waals surface area contributed by atoms with Gasteiger partial charge in [0.2, 0.25) is 0 Å². The summed E-state index contributed by atoms with van der Waals surface area (Å²) in [7, 11) is 0. The van der Waals surface area contributed by atoms with Crippen molar-refractivity contribution in [3.05, 3.63) is 16.1 Å². The van der Waals surface area contributed by atoms with E-state index in [1.165, 1.54) is 4.88 Å². The van der Waals surface area contributed by atoms with E-state index in [1.54, 1.807) is 11.3 Å². The van der Waals surface area contributed by atoms with Crippen molar-refractivity contribution in [2.75, 3.05) is 0 Å². The Balaban J connectivity index is 2.30. The standard InChI is InChI=1S/C9H14N2S/c1-5-7(12-4-11-5)6-8(10)9(6,2)3/h4,6,8H,10H2,1-3H3/t6-,8-/m1/s1. The van der Waals surface area contributed by atoms with Crippen molar-refractivity contribution < 1.29 is 0 Å². The van der Waals surface area contributed by atoms with Crippen molar-refractivity contribution in [2.45, 2.75) is 32.7 Å². The summed E-state index contributed by atoms with van der Waals surface area (Å²) in [6.45, 7) is 6.51. The fourth-order valence-electron chi connectivity index (χ4n) is 1.79. The maximum Gasteiger partial charge on any atom is 0.0797 e. The summed E-state index contributed by atoms with van der Waals surface area (Å²) in [6, 6.07) is 0.330. The normalized spacial score (nSPS) is 32.0. The van der Waals surface area contributed by atoms with Crippen molar-refractivity contribution in [3.63, 3.8) is 0 Å². The van der Waals surface area contributed by atoms with E-state index in [9.17, 15) is 0 Å². The third-order valence-corrected chi connectivity index (χ3v) is 3.99. The predicted octanol–water partition coefficient (Wildman–Crippen LogP) is 1.90. The van der Waals surface area contributed by atoms with Crippen LogP contribution in [0.4, 0.5) is 0 Å². The maximum atomic E-state index is 5.98. The quantitative estimate of drug-likeness (QED) is 0.720. The van der Waals surface area contributed by atoms with Gasteiger partial charge in [-0.05, 0) is 12.3 Å². The molecule has 1 fully saturated rings. The molecule has 1 aromatic heterocycles. The number of rotatable bonds is 1. The smallest absolute Gasteiger partial charge is 0.0797 e. The van der Waals surface area contributed by atoms with Gasteiger partial charge in [-0.2, -0.15) is 0 Å². The first kappa shape index (κ1) is 8.20. The summed E-state index contributed by atoms with van der Waals surface area (Å²) in [5, 5.41) is 0. The van der Waals surface area contributed by atoms with Crippen molar-refractivity contribution >= 4 is 11.3 Å². The first-order valence-corrected chi connectivity index (χ1v) is 5.08. The van der Waals surface area contributed by atoms with Crippen LogP contribution < -0.4 is 5.73 Å². The highest BCUT2D eigenvalue weighted by atomic mass is 32.1. The molecule has 1 saturated carbocycles. The summed E-state index contributed by atoms with van der Waals surface area (Å²) >= 11 is 1.74. The first-order chi connectivity index (χ1) is 5.55. The van der Waals surface area contributed by atoms with Crippen molar-refractivity contribution in [1.29, 1.82) is 0 Å². The Morgan fingerprint density at radius 1 is 1.58 bits per heavy atom. The number of aromatic nitrogens is 1. The molecule has 0 bridgehead atoms. The van der Waals surface area contributed by atoms with Crippen LogP contribution in [0.15, 0.2) is 5.51 Å². The van der Waals surface area contributed by atoms with Crippen LogP contribution in [0, 0.1) is 12.3 Å². The van der Waals surface area contributed by atoms with Gasteiger partial charge in [0.1, 0.15) is 0 Å². The molecule has 2 nitrogen and oxygen atoms in total. The predicted molar refractivity (Wildman–Crippen MR) is 51.3 cm³/mol. The van der Waals surface area contributed by atoms with Crippen LogP contribution in [0.25, 0.3) is 0 Å². The Bertz CT molecular complexity index is 303. The molecule has 66 valence electrons. The third kappa shape index (κ3) is 0.930. The fraction of sp³-hybridized carbons (Fsp3) is 0.667. The molecule has 12 heavy (non-hydrogen) atoms. The lowest BCUT2D eigenvalue weighted by molar-refractivity contribution is 0.600. The molecule has 0 radical (unpaired) electrons. The second-order valence-electron chi connectivity index (χ2n) is 4.13. The van der Waals surface area contributed by atoms with Crippen molar-refractivity contribution in [2.24, 2.45) is 11.1 Å². The SMILES string of the molecule is Cc1ncsc1[C@@H]1[C@@H](N)C1(C)C. The minimum absolute atomic E-state index is 0.289. The van der Waals surface area contributed by atoms with Crippen LogP contribution in [-0.4, -0.2) is 11.0 Å². The van der Waals surface area contributed by atoms with E-state index in [2.05, 4.69) is 25.8 Å². The second-order valence-corrected chi connectivity index (χ2v) is 5.01. The number of nitrogens with zero attached hydrogens (tertiary/aromatic N) is 1. The number of nitrogens with two attached hydrogens (primary N) is 1. The summed E-state index contributed by atoms with van der Waals surface area (Å²) in [4.78, 5) is 5.62. The molecule has 2 atom stereocenters. The zero-order valence-corrected chi connectivity index (χ0v) is 8.48. The number of hydrogen-bond acceptors (Lipinski definition) is 3. The zero-order valence-electron chi connectivity index (χ0n) is 7.66. The zero-order chi connectivity index (χ0) is 8.93. The van der Waals surface area contributed by atoms with Gasteiger partial charge in [0.15, 0.2) is 0 Å². The highest BCUT2D eigenvalue weighted by Crippen LogP contribution is 2.58. The molecule has 1 aromatic rings. The van der Waals surface area contributed by atoms with E-state index in [4.69, 9.17) is 5.73 Å². The minimum Gasteiger partial charge on any atom is -0.327 e. The first-order valence-electron chi connectivity index (χ1n) is 4.20. The van der Waals surface area contributed by atoms with Gasteiger partial charge in [-0.15, -0.1) is 11.3 Å². The van der Waals surface area contributed by atoms with Crippen molar-refractivity contribution in [1.82, 2.24) is 4.98 Å². The molecule has 1 aliphatic rings. The fourth-order valence-corrected chi connectivity index (χ4v) is 2.93. The summed E-state index contributed by atoms with van der Waals surface area (Å²) in [5.41, 5.74) is 9.34. The van der Waals surface area contributed by atoms with Crippen LogP contribution in [-0.2, 0) is 0 Å². The highest BCUT2D eigenvalue weighted by Gasteiger charge is 2.57. The molecule has 0 unspecified atom stereocenters.